The predicted molar refractivity (Wildman–Crippen MR) is 125 cm³/mol. The summed E-state index contributed by atoms with van der Waals surface area (Å²) in [4.78, 5) is 34.3. The molecule has 0 saturated carbocycles. The summed E-state index contributed by atoms with van der Waals surface area (Å²) >= 11 is 0. The van der Waals surface area contributed by atoms with Gasteiger partial charge in [-0.15, -0.1) is 0 Å². The third-order valence-electron chi connectivity index (χ3n) is 5.37. The number of carbonyl (C=O) groups excluding carboxylic acids is 1. The number of hydrogen-bond donors (Lipinski definition) is 3. The average Bonchev–Trinajstić information content (AvgIpc) is 3.35. The Balaban J connectivity index is 2.19. The van der Waals surface area contributed by atoms with E-state index in [2.05, 4.69) is 31.0 Å². The third-order valence-corrected chi connectivity index (χ3v) is 5.37. The van der Waals surface area contributed by atoms with E-state index in [1.165, 1.54) is 25.7 Å². The Bertz CT molecular complexity index is 1350. The molecule has 0 fully saturated rings. The highest BCUT2D eigenvalue weighted by Crippen LogP contribution is 2.35. The maximum absolute atomic E-state index is 12.8. The van der Waals surface area contributed by atoms with Crippen LogP contribution in [0.2, 0.25) is 0 Å². The molecule has 3 aromatic rings. The summed E-state index contributed by atoms with van der Waals surface area (Å²) in [6, 6.07) is 9.17. The first-order valence-electron chi connectivity index (χ1n) is 10.2. The number of aliphatic imine (C=N–C) groups is 1. The van der Waals surface area contributed by atoms with Crippen LogP contribution in [0.1, 0.15) is 46.2 Å². The molecule has 11 nitrogen and oxygen atoms in total. The zero-order chi connectivity index (χ0) is 24.8. The van der Waals surface area contributed by atoms with Crippen molar-refractivity contribution in [2.45, 2.75) is 18.8 Å². The Kier molecular flexibility index (Phi) is 7.23. The third kappa shape index (κ3) is 4.56. The number of hydrogen-bond acceptors (Lipinski definition) is 9. The van der Waals surface area contributed by atoms with Gasteiger partial charge in [-0.1, -0.05) is 30.3 Å². The average molecular weight is 461 g/mol. The van der Waals surface area contributed by atoms with Crippen molar-refractivity contribution >= 4 is 17.3 Å². The molecular formula is C23H23N7O4. The summed E-state index contributed by atoms with van der Waals surface area (Å²) < 4.78 is 5.84. The zero-order valence-electron chi connectivity index (χ0n) is 18.8. The summed E-state index contributed by atoms with van der Waals surface area (Å²) in [6.45, 7) is 1.79. The first-order valence-corrected chi connectivity index (χ1v) is 10.2. The fraction of sp³-hybridized carbons (Fsp3) is 0.217. The van der Waals surface area contributed by atoms with Gasteiger partial charge in [0.15, 0.2) is 5.69 Å². The number of aromatic hydroxyl groups is 1. The molecule has 1 amide bonds. The van der Waals surface area contributed by atoms with E-state index < -0.39 is 34.7 Å². The SMILES string of the molecule is CN=C(/C=C\N)C(c1ccccc1C#N)C(C)c1nc(C(=O)Nc2cnoc2)c(O)c(=O)n1C. The monoisotopic (exact) mass is 461 g/mol. The Hall–Kier alpha value is -4.72. The maximum atomic E-state index is 12.8. The highest BCUT2D eigenvalue weighted by atomic mass is 16.5. The number of amides is 1. The van der Waals surface area contributed by atoms with E-state index in [4.69, 9.17) is 5.73 Å². The van der Waals surface area contributed by atoms with Gasteiger partial charge in [-0.2, -0.15) is 5.26 Å². The van der Waals surface area contributed by atoms with Crippen LogP contribution in [0.3, 0.4) is 0 Å². The first kappa shape index (κ1) is 23.9. The maximum Gasteiger partial charge on any atom is 0.296 e. The molecule has 3 rings (SSSR count). The molecule has 4 N–H and O–H groups in total. The van der Waals surface area contributed by atoms with Crippen LogP contribution >= 0.6 is 0 Å². The molecule has 0 aliphatic carbocycles. The molecule has 2 unspecified atom stereocenters. The number of nitriles is 1. The standard InChI is InChI=1S/C23H23N7O4/c1-13(18(17(26-2)8-9-24)16-7-5-4-6-14(16)10-25)21-29-19(20(31)23(33)30(21)3)22(32)28-15-11-27-34-12-15/h4-9,11-13,18,31H,24H2,1-3H3,(H,28,32)/b9-8-,26-17?. The largest absolute Gasteiger partial charge is 0.501 e. The number of nitrogens with zero attached hydrogens (tertiary/aromatic N) is 5. The molecule has 2 aromatic heterocycles. The molecule has 0 spiro atoms. The fourth-order valence-corrected chi connectivity index (χ4v) is 3.75. The van der Waals surface area contributed by atoms with Crippen LogP contribution in [0.25, 0.3) is 0 Å². The Labute approximate surface area is 194 Å². The normalized spacial score (nSPS) is 13.4. The first-order chi connectivity index (χ1) is 16.3. The van der Waals surface area contributed by atoms with Gasteiger partial charge in [0.25, 0.3) is 11.5 Å². The molecule has 34 heavy (non-hydrogen) atoms. The lowest BCUT2D eigenvalue weighted by atomic mass is 9.80. The van der Waals surface area contributed by atoms with Gasteiger partial charge in [0, 0.05) is 31.6 Å². The summed E-state index contributed by atoms with van der Waals surface area (Å²) in [7, 11) is 3.03. The molecule has 2 atom stereocenters. The van der Waals surface area contributed by atoms with Crippen molar-refractivity contribution in [3.8, 4) is 11.8 Å². The van der Waals surface area contributed by atoms with E-state index in [9.17, 15) is 20.0 Å². The summed E-state index contributed by atoms with van der Waals surface area (Å²) in [5, 5.41) is 26.0. The summed E-state index contributed by atoms with van der Waals surface area (Å²) in [5.41, 5.74) is 6.21. The van der Waals surface area contributed by atoms with Gasteiger partial charge in [-0.05, 0) is 23.9 Å². The molecule has 174 valence electrons. The number of aromatic nitrogens is 3. The molecule has 0 aliphatic heterocycles. The van der Waals surface area contributed by atoms with Gasteiger partial charge in [-0.25, -0.2) is 4.98 Å². The quantitative estimate of drug-likeness (QED) is 0.448. The van der Waals surface area contributed by atoms with Crippen molar-refractivity contribution < 1.29 is 14.4 Å². The molecule has 0 saturated heterocycles. The molecule has 11 heteroatoms. The minimum Gasteiger partial charge on any atom is -0.501 e. The van der Waals surface area contributed by atoms with Crippen LogP contribution in [-0.4, -0.2) is 38.5 Å². The van der Waals surface area contributed by atoms with Crippen LogP contribution in [0.5, 0.6) is 5.75 Å². The van der Waals surface area contributed by atoms with Crippen LogP contribution < -0.4 is 16.6 Å². The van der Waals surface area contributed by atoms with Gasteiger partial charge in [0.05, 0.1) is 17.8 Å². The van der Waals surface area contributed by atoms with Gasteiger partial charge in [-0.3, -0.25) is 19.1 Å². The number of carbonyl (C=O) groups is 1. The highest BCUT2D eigenvalue weighted by Gasteiger charge is 2.31. The minimum atomic E-state index is -0.813. The summed E-state index contributed by atoms with van der Waals surface area (Å²) in [5.74, 6) is -2.52. The lowest BCUT2D eigenvalue weighted by molar-refractivity contribution is 0.101. The minimum absolute atomic E-state index is 0.197. The van der Waals surface area contributed by atoms with E-state index >= 15 is 0 Å². The number of anilines is 1. The van der Waals surface area contributed by atoms with E-state index in [0.717, 1.165) is 4.57 Å². The topological polar surface area (TPSA) is 172 Å². The number of allylic oxidation sites excluding steroid dienone is 1. The smallest absolute Gasteiger partial charge is 0.296 e. The highest BCUT2D eigenvalue weighted by molar-refractivity contribution is 6.04. The van der Waals surface area contributed by atoms with Crippen LogP contribution in [0, 0.1) is 11.3 Å². The number of benzene rings is 1. The van der Waals surface area contributed by atoms with Gasteiger partial charge < -0.3 is 20.7 Å². The molecule has 0 radical (unpaired) electrons. The van der Waals surface area contributed by atoms with Gasteiger partial charge in [0.1, 0.15) is 17.8 Å². The van der Waals surface area contributed by atoms with Crippen molar-refractivity contribution in [1.82, 2.24) is 14.7 Å². The lowest BCUT2D eigenvalue weighted by Gasteiger charge is -2.27. The molecule has 1 aromatic carbocycles. The van der Waals surface area contributed by atoms with Crippen molar-refractivity contribution in [1.29, 1.82) is 5.26 Å². The van der Waals surface area contributed by atoms with E-state index in [1.54, 1.807) is 44.3 Å². The number of nitrogens with one attached hydrogen (secondary N) is 1. The van der Waals surface area contributed by atoms with E-state index in [1.807, 2.05) is 0 Å². The Morgan fingerprint density at radius 1 is 1.41 bits per heavy atom. The van der Waals surface area contributed by atoms with Crippen molar-refractivity contribution in [2.24, 2.45) is 17.8 Å². The van der Waals surface area contributed by atoms with Crippen LogP contribution in [-0.2, 0) is 7.05 Å². The molecule has 2 heterocycles. The van der Waals surface area contributed by atoms with Gasteiger partial charge >= 0.3 is 0 Å². The summed E-state index contributed by atoms with van der Waals surface area (Å²) in [6.07, 6.45) is 5.39. The molecule has 0 bridgehead atoms. The number of nitrogens with two attached hydrogens (primary N) is 1. The van der Waals surface area contributed by atoms with Crippen LogP contribution in [0.15, 0.2) is 63.3 Å². The molecular weight excluding hydrogens is 438 g/mol. The zero-order valence-corrected chi connectivity index (χ0v) is 18.8. The van der Waals surface area contributed by atoms with Crippen molar-refractivity contribution in [3.63, 3.8) is 0 Å². The van der Waals surface area contributed by atoms with Crippen molar-refractivity contribution in [2.75, 3.05) is 12.4 Å². The number of rotatable bonds is 7. The Morgan fingerprint density at radius 2 is 2.15 bits per heavy atom. The second-order valence-corrected chi connectivity index (χ2v) is 7.37. The predicted octanol–water partition coefficient (Wildman–Crippen LogP) is 2.03. The van der Waals surface area contributed by atoms with E-state index in [0.29, 0.717) is 16.8 Å². The lowest BCUT2D eigenvalue weighted by Crippen LogP contribution is -2.30. The molecule has 0 aliphatic rings. The fourth-order valence-electron chi connectivity index (χ4n) is 3.75. The second-order valence-electron chi connectivity index (χ2n) is 7.37. The second kappa shape index (κ2) is 10.3. The van der Waals surface area contributed by atoms with E-state index in [-0.39, 0.29) is 11.5 Å². The van der Waals surface area contributed by atoms with Crippen molar-refractivity contribution in [3.05, 3.63) is 82.0 Å². The van der Waals surface area contributed by atoms with Gasteiger partial charge in [0.2, 0.25) is 5.75 Å². The Morgan fingerprint density at radius 3 is 2.76 bits per heavy atom. The van der Waals surface area contributed by atoms with Crippen LogP contribution in [0.4, 0.5) is 5.69 Å².